The molecular formula is C34H37N3O5S. The molecule has 0 aliphatic carbocycles. The fourth-order valence-corrected chi connectivity index (χ4v) is 6.56. The first-order valence-corrected chi connectivity index (χ1v) is 15.3. The second-order valence-electron chi connectivity index (χ2n) is 10.5. The van der Waals surface area contributed by atoms with Crippen molar-refractivity contribution in [1.82, 2.24) is 9.47 Å². The van der Waals surface area contributed by atoms with Crippen LogP contribution in [0.5, 0.6) is 17.2 Å². The Morgan fingerprint density at radius 2 is 1.77 bits per heavy atom. The molecule has 224 valence electrons. The van der Waals surface area contributed by atoms with Gasteiger partial charge in [0.1, 0.15) is 23.3 Å². The number of benzene rings is 3. The van der Waals surface area contributed by atoms with E-state index in [1.54, 1.807) is 35.8 Å². The first-order chi connectivity index (χ1) is 20.7. The van der Waals surface area contributed by atoms with Crippen LogP contribution in [0.3, 0.4) is 0 Å². The maximum absolute atomic E-state index is 14.4. The van der Waals surface area contributed by atoms with Gasteiger partial charge in [0, 0.05) is 24.2 Å². The molecule has 0 saturated heterocycles. The van der Waals surface area contributed by atoms with E-state index in [1.807, 2.05) is 83.2 Å². The van der Waals surface area contributed by atoms with E-state index in [9.17, 15) is 9.59 Å². The number of thiazole rings is 1. The molecule has 0 fully saturated rings. The zero-order valence-electron chi connectivity index (χ0n) is 25.6. The molecule has 0 radical (unpaired) electrons. The number of likely N-dealkylation sites (N-methyl/N-ethyl adjacent to an activating group) is 1. The van der Waals surface area contributed by atoms with Crippen molar-refractivity contribution in [2.45, 2.75) is 46.8 Å². The summed E-state index contributed by atoms with van der Waals surface area (Å²) in [6.45, 7) is 10.7. The Bertz CT molecular complexity index is 1900. The Kier molecular flexibility index (Phi) is 8.73. The number of carbonyl (C=O) groups is 1. The molecule has 4 aromatic rings. The van der Waals surface area contributed by atoms with E-state index in [2.05, 4.69) is 0 Å². The van der Waals surface area contributed by atoms with Crippen molar-refractivity contribution in [3.05, 3.63) is 96.7 Å². The maximum atomic E-state index is 14.4. The molecule has 0 bridgehead atoms. The van der Waals surface area contributed by atoms with Crippen LogP contribution in [0, 0.1) is 0 Å². The molecule has 5 rings (SSSR count). The number of allylic oxidation sites excluding steroid dienone is 1. The lowest BCUT2D eigenvalue weighted by Crippen LogP contribution is -2.43. The van der Waals surface area contributed by atoms with E-state index in [-0.39, 0.29) is 17.6 Å². The average Bonchev–Trinajstić information content (AvgIpc) is 3.31. The van der Waals surface area contributed by atoms with Gasteiger partial charge in [-0.1, -0.05) is 41.7 Å². The molecule has 0 unspecified atom stereocenters. The van der Waals surface area contributed by atoms with E-state index in [1.165, 1.54) is 11.3 Å². The first kappa shape index (κ1) is 30.1. The molecule has 0 saturated carbocycles. The number of ether oxygens (including phenoxy) is 3. The number of amides is 1. The maximum Gasteiger partial charge on any atom is 0.271 e. The molecule has 1 aliphatic rings. The number of hydrogen-bond donors (Lipinski definition) is 0. The van der Waals surface area contributed by atoms with Crippen LogP contribution in [-0.2, 0) is 4.79 Å². The van der Waals surface area contributed by atoms with Crippen LogP contribution >= 0.6 is 11.3 Å². The standard InChI is InChI=1S/C34H37N3O5S/c1-8-36(9-2)33(39)30-21(5)35-34-37(31(30)26-18-23(40-6)15-17-27(26)41-7)32(38)29(43-34)19-25-24-13-11-10-12-22(24)14-16-28(25)42-20(3)4/h10-20,31H,8-9H2,1-7H3/b29-19+/t31-/m1/s1. The third kappa shape index (κ3) is 5.57. The predicted molar refractivity (Wildman–Crippen MR) is 171 cm³/mol. The summed E-state index contributed by atoms with van der Waals surface area (Å²) in [6, 6.07) is 16.7. The zero-order chi connectivity index (χ0) is 30.8. The molecular weight excluding hydrogens is 562 g/mol. The van der Waals surface area contributed by atoms with Gasteiger partial charge in [0.15, 0.2) is 4.80 Å². The van der Waals surface area contributed by atoms with Crippen LogP contribution in [0.15, 0.2) is 75.7 Å². The Hall–Kier alpha value is -4.37. The van der Waals surface area contributed by atoms with Gasteiger partial charge in [-0.25, -0.2) is 4.99 Å². The molecule has 0 spiro atoms. The topological polar surface area (TPSA) is 82.4 Å². The normalized spacial score (nSPS) is 15.0. The number of rotatable bonds is 9. The molecule has 2 heterocycles. The monoisotopic (exact) mass is 599 g/mol. The van der Waals surface area contributed by atoms with Gasteiger partial charge >= 0.3 is 0 Å². The molecule has 8 nitrogen and oxygen atoms in total. The van der Waals surface area contributed by atoms with Crippen molar-refractivity contribution < 1.29 is 19.0 Å². The van der Waals surface area contributed by atoms with Gasteiger partial charge in [-0.3, -0.25) is 14.2 Å². The molecule has 1 aliphatic heterocycles. The summed E-state index contributed by atoms with van der Waals surface area (Å²) >= 11 is 1.29. The molecule has 3 aromatic carbocycles. The van der Waals surface area contributed by atoms with Crippen molar-refractivity contribution in [2.24, 2.45) is 4.99 Å². The lowest BCUT2D eigenvalue weighted by atomic mass is 9.93. The highest BCUT2D eigenvalue weighted by molar-refractivity contribution is 7.07. The number of carbonyl (C=O) groups excluding carboxylic acids is 1. The van der Waals surface area contributed by atoms with Crippen LogP contribution in [0.4, 0.5) is 0 Å². The molecule has 1 aromatic heterocycles. The smallest absolute Gasteiger partial charge is 0.271 e. The summed E-state index contributed by atoms with van der Waals surface area (Å²) in [4.78, 5) is 35.5. The number of fused-ring (bicyclic) bond motifs is 2. The summed E-state index contributed by atoms with van der Waals surface area (Å²) in [5.74, 6) is 1.66. The van der Waals surface area contributed by atoms with Crippen LogP contribution in [0.2, 0.25) is 0 Å². The second-order valence-corrected chi connectivity index (χ2v) is 11.5. The Morgan fingerprint density at radius 1 is 1.05 bits per heavy atom. The summed E-state index contributed by atoms with van der Waals surface area (Å²) in [5, 5.41) is 2.02. The van der Waals surface area contributed by atoms with Crippen molar-refractivity contribution in [2.75, 3.05) is 27.3 Å². The highest BCUT2D eigenvalue weighted by atomic mass is 32.1. The molecule has 1 atom stereocenters. The van der Waals surface area contributed by atoms with E-state index in [0.29, 0.717) is 56.5 Å². The fourth-order valence-electron chi connectivity index (χ4n) is 5.54. The average molecular weight is 600 g/mol. The number of hydrogen-bond acceptors (Lipinski definition) is 7. The highest BCUT2D eigenvalue weighted by Gasteiger charge is 2.36. The third-order valence-electron chi connectivity index (χ3n) is 7.60. The minimum atomic E-state index is -0.768. The van der Waals surface area contributed by atoms with Gasteiger partial charge in [-0.2, -0.15) is 0 Å². The van der Waals surface area contributed by atoms with Gasteiger partial charge in [0.25, 0.3) is 11.5 Å². The Labute approximate surface area is 255 Å². The van der Waals surface area contributed by atoms with Crippen molar-refractivity contribution >= 4 is 34.1 Å². The van der Waals surface area contributed by atoms with Crippen molar-refractivity contribution in [3.8, 4) is 17.2 Å². The second kappa shape index (κ2) is 12.5. The van der Waals surface area contributed by atoms with E-state index in [4.69, 9.17) is 19.2 Å². The zero-order valence-corrected chi connectivity index (χ0v) is 26.5. The van der Waals surface area contributed by atoms with E-state index < -0.39 is 6.04 Å². The highest BCUT2D eigenvalue weighted by Crippen LogP contribution is 2.38. The van der Waals surface area contributed by atoms with Crippen LogP contribution in [-0.4, -0.2) is 48.8 Å². The summed E-state index contributed by atoms with van der Waals surface area (Å²) in [5.41, 5.74) is 2.21. The first-order valence-electron chi connectivity index (χ1n) is 14.4. The minimum Gasteiger partial charge on any atom is -0.497 e. The third-order valence-corrected chi connectivity index (χ3v) is 8.59. The van der Waals surface area contributed by atoms with Crippen molar-refractivity contribution in [1.29, 1.82) is 0 Å². The summed E-state index contributed by atoms with van der Waals surface area (Å²) < 4.78 is 19.6. The molecule has 1 amide bonds. The van der Waals surface area contributed by atoms with Crippen molar-refractivity contribution in [3.63, 3.8) is 0 Å². The Morgan fingerprint density at radius 3 is 2.44 bits per heavy atom. The largest absolute Gasteiger partial charge is 0.497 e. The van der Waals surface area contributed by atoms with Gasteiger partial charge in [-0.15, -0.1) is 0 Å². The SMILES string of the molecule is CCN(CC)C(=O)C1=C(C)N=c2s/c(=C/c3c(OC(C)C)ccc4ccccc34)c(=O)n2[C@@H]1c1cc(OC)ccc1OC. The van der Waals surface area contributed by atoms with Gasteiger partial charge in [0.05, 0.1) is 36.1 Å². The summed E-state index contributed by atoms with van der Waals surface area (Å²) in [6.07, 6.45) is 1.83. The number of methoxy groups -OCH3 is 2. The van der Waals surface area contributed by atoms with Gasteiger partial charge in [-0.05, 0) is 75.7 Å². The number of nitrogens with zero attached hydrogens (tertiary/aromatic N) is 3. The van der Waals surface area contributed by atoms with E-state index >= 15 is 0 Å². The number of aromatic nitrogens is 1. The van der Waals surface area contributed by atoms with Gasteiger partial charge < -0.3 is 19.1 Å². The lowest BCUT2D eigenvalue weighted by molar-refractivity contribution is -0.127. The lowest BCUT2D eigenvalue weighted by Gasteiger charge is -2.30. The molecule has 0 N–H and O–H groups in total. The van der Waals surface area contributed by atoms with E-state index in [0.717, 1.165) is 16.3 Å². The minimum absolute atomic E-state index is 0.0497. The predicted octanol–water partition coefficient (Wildman–Crippen LogP) is 5.06. The Balaban J connectivity index is 1.82. The molecule has 9 heteroatoms. The van der Waals surface area contributed by atoms with Crippen LogP contribution < -0.4 is 29.1 Å². The van der Waals surface area contributed by atoms with Gasteiger partial charge in [0.2, 0.25) is 0 Å². The van der Waals surface area contributed by atoms with Crippen LogP contribution in [0.25, 0.3) is 16.8 Å². The fraction of sp³-hybridized carbons (Fsp3) is 0.324. The summed E-state index contributed by atoms with van der Waals surface area (Å²) in [7, 11) is 3.16. The van der Waals surface area contributed by atoms with Crippen LogP contribution in [0.1, 0.15) is 51.8 Å². The quantitative estimate of drug-likeness (QED) is 0.269. The molecule has 43 heavy (non-hydrogen) atoms.